The number of nitrogens with one attached hydrogen (secondary N) is 1. The standard InChI is InChI=1S/C24H28N4O3/c1-27-13-11-18(12-14-27)25-24(29)20-16-28(19-7-5-4-6-8-19)26-23(20)17-9-10-21(30-2)22(15-17)31-3/h4-10,15-16,18H,11-14H2,1-3H3,(H,25,29). The molecule has 7 heteroatoms. The molecule has 1 amide bonds. The minimum Gasteiger partial charge on any atom is -0.493 e. The molecule has 4 rings (SSSR count). The van der Waals surface area contributed by atoms with E-state index in [1.54, 1.807) is 25.1 Å². The molecule has 3 aromatic rings. The van der Waals surface area contributed by atoms with Crippen LogP contribution in [-0.4, -0.2) is 61.0 Å². The Morgan fingerprint density at radius 1 is 1.03 bits per heavy atom. The van der Waals surface area contributed by atoms with Crippen LogP contribution in [0.5, 0.6) is 11.5 Å². The predicted octanol–water partition coefficient (Wildman–Crippen LogP) is 3.38. The molecule has 1 aliphatic rings. The van der Waals surface area contributed by atoms with E-state index in [0.29, 0.717) is 22.8 Å². The number of likely N-dealkylation sites (tertiary alicyclic amines) is 1. The first-order valence-electron chi connectivity index (χ1n) is 10.5. The molecule has 1 aromatic heterocycles. The highest BCUT2D eigenvalue weighted by Gasteiger charge is 2.24. The Morgan fingerprint density at radius 2 is 1.74 bits per heavy atom. The largest absolute Gasteiger partial charge is 0.493 e. The van der Waals surface area contributed by atoms with Gasteiger partial charge in [-0.3, -0.25) is 4.79 Å². The molecule has 0 unspecified atom stereocenters. The highest BCUT2D eigenvalue weighted by Crippen LogP contribution is 2.33. The molecule has 1 N–H and O–H groups in total. The number of ether oxygens (including phenoxy) is 2. The lowest BCUT2D eigenvalue weighted by Crippen LogP contribution is -2.43. The Morgan fingerprint density at radius 3 is 2.42 bits per heavy atom. The van der Waals surface area contributed by atoms with Crippen molar-refractivity contribution in [1.29, 1.82) is 0 Å². The van der Waals surface area contributed by atoms with E-state index in [1.807, 2.05) is 48.5 Å². The van der Waals surface area contributed by atoms with Crippen molar-refractivity contribution < 1.29 is 14.3 Å². The summed E-state index contributed by atoms with van der Waals surface area (Å²) in [5.41, 5.74) is 2.83. The van der Waals surface area contributed by atoms with Gasteiger partial charge in [-0.25, -0.2) is 4.68 Å². The summed E-state index contributed by atoms with van der Waals surface area (Å²) in [5, 5.41) is 7.97. The van der Waals surface area contributed by atoms with Gasteiger partial charge in [0, 0.05) is 17.8 Å². The minimum absolute atomic E-state index is 0.110. The van der Waals surface area contributed by atoms with Crippen molar-refractivity contribution in [2.24, 2.45) is 0 Å². The number of hydrogen-bond acceptors (Lipinski definition) is 5. The van der Waals surface area contributed by atoms with Crippen molar-refractivity contribution >= 4 is 5.91 Å². The third kappa shape index (κ3) is 4.56. The number of carbonyl (C=O) groups is 1. The van der Waals surface area contributed by atoms with Crippen molar-refractivity contribution in [3.8, 4) is 28.4 Å². The number of carbonyl (C=O) groups excluding carboxylic acids is 1. The molecule has 0 atom stereocenters. The van der Waals surface area contributed by atoms with E-state index in [4.69, 9.17) is 14.6 Å². The van der Waals surface area contributed by atoms with E-state index in [0.717, 1.165) is 37.2 Å². The average Bonchev–Trinajstić information content (AvgIpc) is 3.26. The van der Waals surface area contributed by atoms with Crippen LogP contribution in [0.4, 0.5) is 0 Å². The first-order chi connectivity index (χ1) is 15.1. The van der Waals surface area contributed by atoms with Crippen LogP contribution in [0.1, 0.15) is 23.2 Å². The third-order valence-corrected chi connectivity index (χ3v) is 5.69. The highest BCUT2D eigenvalue weighted by atomic mass is 16.5. The Labute approximate surface area is 182 Å². The Hall–Kier alpha value is -3.32. The summed E-state index contributed by atoms with van der Waals surface area (Å²) < 4.78 is 12.6. The van der Waals surface area contributed by atoms with Gasteiger partial charge in [-0.15, -0.1) is 0 Å². The molecule has 162 valence electrons. The summed E-state index contributed by atoms with van der Waals surface area (Å²) in [4.78, 5) is 15.6. The molecule has 31 heavy (non-hydrogen) atoms. The molecule has 7 nitrogen and oxygen atoms in total. The zero-order valence-electron chi connectivity index (χ0n) is 18.2. The number of methoxy groups -OCH3 is 2. The maximum Gasteiger partial charge on any atom is 0.255 e. The molecule has 1 saturated heterocycles. The topological polar surface area (TPSA) is 68.6 Å². The number of amides is 1. The summed E-state index contributed by atoms with van der Waals surface area (Å²) >= 11 is 0. The number of hydrogen-bond donors (Lipinski definition) is 1. The van der Waals surface area contributed by atoms with Crippen LogP contribution in [0.15, 0.2) is 54.7 Å². The van der Waals surface area contributed by atoms with Crippen molar-refractivity contribution in [3.05, 3.63) is 60.3 Å². The fourth-order valence-electron chi connectivity index (χ4n) is 3.87. The molecule has 0 aliphatic carbocycles. The SMILES string of the molecule is COc1ccc(-c2nn(-c3ccccc3)cc2C(=O)NC2CCN(C)CC2)cc1OC. The summed E-state index contributed by atoms with van der Waals surface area (Å²) in [6.45, 7) is 1.97. The lowest BCUT2D eigenvalue weighted by atomic mass is 10.0. The van der Waals surface area contributed by atoms with Gasteiger partial charge in [-0.1, -0.05) is 18.2 Å². The van der Waals surface area contributed by atoms with Gasteiger partial charge in [-0.05, 0) is 63.3 Å². The van der Waals surface area contributed by atoms with Gasteiger partial charge < -0.3 is 19.7 Å². The van der Waals surface area contributed by atoms with Gasteiger partial charge in [0.05, 0.1) is 25.5 Å². The van der Waals surface area contributed by atoms with E-state index in [2.05, 4.69) is 17.3 Å². The maximum atomic E-state index is 13.3. The molecule has 0 bridgehead atoms. The summed E-state index contributed by atoms with van der Waals surface area (Å²) in [7, 11) is 5.30. The maximum absolute atomic E-state index is 13.3. The fraction of sp³-hybridized carbons (Fsp3) is 0.333. The zero-order chi connectivity index (χ0) is 21.8. The van der Waals surface area contributed by atoms with Crippen molar-refractivity contribution in [2.75, 3.05) is 34.4 Å². The van der Waals surface area contributed by atoms with Gasteiger partial charge in [-0.2, -0.15) is 5.10 Å². The van der Waals surface area contributed by atoms with E-state index >= 15 is 0 Å². The first-order valence-corrected chi connectivity index (χ1v) is 10.5. The normalized spacial score (nSPS) is 14.9. The lowest BCUT2D eigenvalue weighted by Gasteiger charge is -2.29. The molecule has 2 aromatic carbocycles. The van der Waals surface area contributed by atoms with Gasteiger partial charge in [0.25, 0.3) is 5.91 Å². The second kappa shape index (κ2) is 9.22. The molecule has 0 spiro atoms. The molecular formula is C24H28N4O3. The highest BCUT2D eigenvalue weighted by molar-refractivity contribution is 6.00. The van der Waals surface area contributed by atoms with Gasteiger partial charge in [0.15, 0.2) is 11.5 Å². The monoisotopic (exact) mass is 420 g/mol. The smallest absolute Gasteiger partial charge is 0.255 e. The Balaban J connectivity index is 1.71. The molecule has 1 fully saturated rings. The third-order valence-electron chi connectivity index (χ3n) is 5.69. The molecule has 0 radical (unpaired) electrons. The fourth-order valence-corrected chi connectivity index (χ4v) is 3.87. The van der Waals surface area contributed by atoms with Gasteiger partial charge >= 0.3 is 0 Å². The van der Waals surface area contributed by atoms with Crippen LogP contribution in [0.25, 0.3) is 16.9 Å². The number of piperidine rings is 1. The minimum atomic E-state index is -0.110. The van der Waals surface area contributed by atoms with Gasteiger partial charge in [0.2, 0.25) is 0 Å². The van der Waals surface area contributed by atoms with Crippen molar-refractivity contribution in [2.45, 2.75) is 18.9 Å². The van der Waals surface area contributed by atoms with Crippen LogP contribution >= 0.6 is 0 Å². The van der Waals surface area contributed by atoms with Crippen LogP contribution < -0.4 is 14.8 Å². The number of aromatic nitrogens is 2. The first kappa shape index (κ1) is 20.9. The Kier molecular flexibility index (Phi) is 6.23. The van der Waals surface area contributed by atoms with E-state index in [1.165, 1.54) is 0 Å². The Bertz CT molecular complexity index is 1040. The number of rotatable bonds is 6. The van der Waals surface area contributed by atoms with Crippen LogP contribution in [-0.2, 0) is 0 Å². The second-order valence-electron chi connectivity index (χ2n) is 7.79. The number of nitrogens with zero attached hydrogens (tertiary/aromatic N) is 3. The second-order valence-corrected chi connectivity index (χ2v) is 7.79. The van der Waals surface area contributed by atoms with Crippen LogP contribution in [0, 0.1) is 0 Å². The quantitative estimate of drug-likeness (QED) is 0.662. The van der Waals surface area contributed by atoms with Crippen molar-refractivity contribution in [3.63, 3.8) is 0 Å². The van der Waals surface area contributed by atoms with Crippen LogP contribution in [0.3, 0.4) is 0 Å². The summed E-state index contributed by atoms with van der Waals surface area (Å²) in [5.74, 6) is 1.11. The predicted molar refractivity (Wildman–Crippen MR) is 120 cm³/mol. The zero-order valence-corrected chi connectivity index (χ0v) is 18.2. The van der Waals surface area contributed by atoms with E-state index in [-0.39, 0.29) is 11.9 Å². The van der Waals surface area contributed by atoms with Crippen LogP contribution in [0.2, 0.25) is 0 Å². The molecular weight excluding hydrogens is 392 g/mol. The molecule has 0 saturated carbocycles. The molecule has 1 aliphatic heterocycles. The average molecular weight is 421 g/mol. The van der Waals surface area contributed by atoms with E-state index in [9.17, 15) is 4.79 Å². The lowest BCUT2D eigenvalue weighted by molar-refractivity contribution is 0.0917. The summed E-state index contributed by atoms with van der Waals surface area (Å²) in [6, 6.07) is 15.5. The number of para-hydroxylation sites is 1. The summed E-state index contributed by atoms with van der Waals surface area (Å²) in [6.07, 6.45) is 3.69. The molecule has 2 heterocycles. The van der Waals surface area contributed by atoms with E-state index < -0.39 is 0 Å². The van der Waals surface area contributed by atoms with Crippen molar-refractivity contribution in [1.82, 2.24) is 20.0 Å². The van der Waals surface area contributed by atoms with Gasteiger partial charge in [0.1, 0.15) is 5.69 Å². The number of benzene rings is 2.